The Hall–Kier alpha value is -3.35. The van der Waals surface area contributed by atoms with Crippen LogP contribution in [0.25, 0.3) is 11.0 Å². The van der Waals surface area contributed by atoms with Gasteiger partial charge in [-0.2, -0.15) is 0 Å². The lowest BCUT2D eigenvalue weighted by atomic mass is 9.85. The van der Waals surface area contributed by atoms with Gasteiger partial charge in [0.1, 0.15) is 11.6 Å². The lowest BCUT2D eigenvalue weighted by molar-refractivity contribution is -0.118. The molecule has 2 amide bonds. The van der Waals surface area contributed by atoms with Crippen molar-refractivity contribution in [2.45, 2.75) is 37.6 Å². The molecule has 1 aliphatic carbocycles. The number of rotatable bonds is 3. The molecule has 3 aromatic rings. The summed E-state index contributed by atoms with van der Waals surface area (Å²) in [5, 5.41) is 5.90. The van der Waals surface area contributed by atoms with Crippen molar-refractivity contribution < 1.29 is 14.3 Å². The molecule has 0 unspecified atom stereocenters. The maximum absolute atomic E-state index is 12.8. The zero-order chi connectivity index (χ0) is 19.8. The Morgan fingerprint density at radius 3 is 2.97 bits per heavy atom. The number of ether oxygens (including phenoxy) is 1. The summed E-state index contributed by atoms with van der Waals surface area (Å²) in [5.74, 6) is 1.54. The van der Waals surface area contributed by atoms with Crippen LogP contribution in [0.5, 0.6) is 5.75 Å². The molecule has 1 aliphatic heterocycles. The van der Waals surface area contributed by atoms with Gasteiger partial charge in [0, 0.05) is 17.5 Å². The molecule has 2 heterocycles. The highest BCUT2D eigenvalue weighted by atomic mass is 16.5. The fourth-order valence-electron chi connectivity index (χ4n) is 4.23. The van der Waals surface area contributed by atoms with E-state index < -0.39 is 0 Å². The monoisotopic (exact) mass is 390 g/mol. The van der Waals surface area contributed by atoms with E-state index in [0.717, 1.165) is 42.5 Å². The van der Waals surface area contributed by atoms with Crippen molar-refractivity contribution in [3.63, 3.8) is 0 Å². The van der Waals surface area contributed by atoms with Crippen LogP contribution in [-0.4, -0.2) is 34.4 Å². The molecule has 0 radical (unpaired) electrons. The first-order valence-electron chi connectivity index (χ1n) is 9.98. The number of carbonyl (C=O) groups excluding carboxylic acids is 2. The van der Waals surface area contributed by atoms with E-state index in [0.29, 0.717) is 22.9 Å². The van der Waals surface area contributed by atoms with E-state index in [-0.39, 0.29) is 24.5 Å². The lowest BCUT2D eigenvalue weighted by Crippen LogP contribution is -2.38. The van der Waals surface area contributed by atoms with Crippen LogP contribution >= 0.6 is 0 Å². The molecule has 0 saturated heterocycles. The number of carbonyl (C=O) groups is 2. The number of imidazole rings is 1. The van der Waals surface area contributed by atoms with Gasteiger partial charge in [-0.25, -0.2) is 4.98 Å². The number of H-pyrrole nitrogens is 1. The average Bonchev–Trinajstić information content (AvgIpc) is 3.18. The van der Waals surface area contributed by atoms with Crippen LogP contribution in [-0.2, 0) is 4.79 Å². The zero-order valence-corrected chi connectivity index (χ0v) is 15.9. The van der Waals surface area contributed by atoms with Crippen LogP contribution in [0, 0.1) is 0 Å². The summed E-state index contributed by atoms with van der Waals surface area (Å²) >= 11 is 0. The summed E-state index contributed by atoms with van der Waals surface area (Å²) in [6.07, 6.45) is 3.92. The van der Waals surface area contributed by atoms with Crippen LogP contribution < -0.4 is 15.4 Å². The zero-order valence-electron chi connectivity index (χ0n) is 15.9. The maximum Gasteiger partial charge on any atom is 0.262 e. The van der Waals surface area contributed by atoms with E-state index in [9.17, 15) is 9.59 Å². The van der Waals surface area contributed by atoms with Crippen LogP contribution in [0.1, 0.15) is 47.8 Å². The first-order chi connectivity index (χ1) is 14.2. The topological polar surface area (TPSA) is 96.1 Å². The third kappa shape index (κ3) is 3.55. The Balaban J connectivity index is 1.28. The Labute approximate surface area is 167 Å². The molecular weight excluding hydrogens is 368 g/mol. The molecule has 0 spiro atoms. The third-order valence-corrected chi connectivity index (χ3v) is 5.68. The average molecular weight is 390 g/mol. The molecule has 148 valence electrons. The van der Waals surface area contributed by atoms with Crippen LogP contribution in [0.3, 0.4) is 0 Å². The van der Waals surface area contributed by atoms with E-state index in [1.165, 1.54) is 0 Å². The standard InChI is InChI=1S/C22H22N4O3/c27-20-12-29-19-9-8-14(11-18(19)24-20)22(28)23-15-5-3-4-13(10-15)21-25-16-6-1-2-7-17(16)26-21/h1-2,6-9,11,13,15H,3-5,10,12H2,(H,23,28)(H,24,27)(H,25,26)/t13-,15-/m1/s1. The molecular formula is C22H22N4O3. The van der Waals surface area contributed by atoms with Crippen molar-refractivity contribution in [2.24, 2.45) is 0 Å². The van der Waals surface area contributed by atoms with Gasteiger partial charge in [0.05, 0.1) is 16.7 Å². The second kappa shape index (κ2) is 7.24. The second-order valence-corrected chi connectivity index (χ2v) is 7.72. The fourth-order valence-corrected chi connectivity index (χ4v) is 4.23. The number of anilines is 1. The smallest absolute Gasteiger partial charge is 0.262 e. The number of para-hydroxylation sites is 2. The minimum atomic E-state index is -0.212. The van der Waals surface area contributed by atoms with Crippen molar-refractivity contribution in [2.75, 3.05) is 11.9 Å². The number of aromatic amines is 1. The molecule has 1 aromatic heterocycles. The van der Waals surface area contributed by atoms with E-state index in [1.54, 1.807) is 18.2 Å². The molecule has 0 bridgehead atoms. The van der Waals surface area contributed by atoms with Crippen LogP contribution in [0.4, 0.5) is 5.69 Å². The molecule has 5 rings (SSSR count). The second-order valence-electron chi connectivity index (χ2n) is 7.72. The Morgan fingerprint density at radius 2 is 2.07 bits per heavy atom. The molecule has 7 heteroatoms. The minimum absolute atomic E-state index is 0.00377. The van der Waals surface area contributed by atoms with Gasteiger partial charge >= 0.3 is 0 Å². The number of hydrogen-bond donors (Lipinski definition) is 3. The van der Waals surface area contributed by atoms with Crippen LogP contribution in [0.15, 0.2) is 42.5 Å². The maximum atomic E-state index is 12.8. The highest BCUT2D eigenvalue weighted by Gasteiger charge is 2.27. The quantitative estimate of drug-likeness (QED) is 0.639. The molecule has 1 saturated carbocycles. The molecule has 7 nitrogen and oxygen atoms in total. The molecule has 2 aliphatic rings. The van der Waals surface area contributed by atoms with Gasteiger partial charge in [-0.3, -0.25) is 9.59 Å². The number of amides is 2. The molecule has 2 aromatic carbocycles. The van der Waals surface area contributed by atoms with E-state index >= 15 is 0 Å². The van der Waals surface area contributed by atoms with Gasteiger partial charge in [-0.15, -0.1) is 0 Å². The van der Waals surface area contributed by atoms with Crippen molar-refractivity contribution >= 4 is 28.5 Å². The number of hydrogen-bond acceptors (Lipinski definition) is 4. The Morgan fingerprint density at radius 1 is 1.17 bits per heavy atom. The fraction of sp³-hybridized carbons (Fsp3) is 0.318. The minimum Gasteiger partial charge on any atom is -0.482 e. The normalized spacial score (nSPS) is 21.2. The molecule has 1 fully saturated rings. The van der Waals surface area contributed by atoms with Gasteiger partial charge in [-0.05, 0) is 49.6 Å². The van der Waals surface area contributed by atoms with E-state index in [4.69, 9.17) is 9.72 Å². The summed E-state index contributed by atoms with van der Waals surface area (Å²) in [6.45, 7) is 0.00377. The number of aromatic nitrogens is 2. The van der Waals surface area contributed by atoms with Gasteiger partial charge in [0.15, 0.2) is 6.61 Å². The van der Waals surface area contributed by atoms with Crippen LogP contribution in [0.2, 0.25) is 0 Å². The first-order valence-corrected chi connectivity index (χ1v) is 9.98. The van der Waals surface area contributed by atoms with Crippen molar-refractivity contribution in [3.05, 3.63) is 53.9 Å². The van der Waals surface area contributed by atoms with Crippen molar-refractivity contribution in [3.8, 4) is 5.75 Å². The number of benzene rings is 2. The van der Waals surface area contributed by atoms with Gasteiger partial charge < -0.3 is 20.4 Å². The number of nitrogens with one attached hydrogen (secondary N) is 3. The first kappa shape index (κ1) is 17.7. The highest BCUT2D eigenvalue weighted by Crippen LogP contribution is 2.33. The SMILES string of the molecule is O=C1COc2ccc(C(=O)N[C@@H]3CCC[C@@H](c4nc5ccccc5[nH]4)C3)cc2N1. The molecule has 3 N–H and O–H groups in total. The van der Waals surface area contributed by atoms with Gasteiger partial charge in [-0.1, -0.05) is 18.6 Å². The summed E-state index contributed by atoms with van der Waals surface area (Å²) in [7, 11) is 0. The Kier molecular flexibility index (Phi) is 4.42. The van der Waals surface area contributed by atoms with E-state index in [2.05, 4.69) is 15.6 Å². The molecule has 29 heavy (non-hydrogen) atoms. The highest BCUT2D eigenvalue weighted by molar-refractivity contribution is 5.99. The summed E-state index contributed by atoms with van der Waals surface area (Å²) in [5.41, 5.74) is 3.08. The van der Waals surface area contributed by atoms with Crippen molar-refractivity contribution in [1.29, 1.82) is 0 Å². The molecule has 2 atom stereocenters. The third-order valence-electron chi connectivity index (χ3n) is 5.68. The lowest BCUT2D eigenvalue weighted by Gasteiger charge is -2.29. The summed E-state index contributed by atoms with van der Waals surface area (Å²) < 4.78 is 5.35. The van der Waals surface area contributed by atoms with Gasteiger partial charge in [0.25, 0.3) is 11.8 Å². The summed E-state index contributed by atoms with van der Waals surface area (Å²) in [4.78, 5) is 32.5. The van der Waals surface area contributed by atoms with Gasteiger partial charge in [0.2, 0.25) is 0 Å². The summed E-state index contributed by atoms with van der Waals surface area (Å²) in [6, 6.07) is 13.2. The Bertz CT molecular complexity index is 1060. The van der Waals surface area contributed by atoms with E-state index in [1.807, 2.05) is 24.3 Å². The predicted octanol–water partition coefficient (Wildman–Crippen LogP) is 3.35. The largest absolute Gasteiger partial charge is 0.482 e. The predicted molar refractivity (Wildman–Crippen MR) is 109 cm³/mol. The van der Waals surface area contributed by atoms with Crippen molar-refractivity contribution in [1.82, 2.24) is 15.3 Å². The number of nitrogens with zero attached hydrogens (tertiary/aromatic N) is 1. The number of fused-ring (bicyclic) bond motifs is 2.